The minimum Gasteiger partial charge on any atom is -0.475 e. The first-order valence-electron chi connectivity index (χ1n) is 5.77. The summed E-state index contributed by atoms with van der Waals surface area (Å²) < 4.78 is 5.22. The molecule has 1 heterocycles. The van der Waals surface area contributed by atoms with E-state index in [2.05, 4.69) is 5.32 Å². The average molecular weight is 291 g/mol. The molecular formula is C14H11ClN2O3. The molecule has 0 fully saturated rings. The molecule has 0 spiro atoms. The van der Waals surface area contributed by atoms with Gasteiger partial charge in [-0.1, -0.05) is 11.6 Å². The highest BCUT2D eigenvalue weighted by molar-refractivity contribution is 6.33. The van der Waals surface area contributed by atoms with Gasteiger partial charge < -0.3 is 14.8 Å². The fraction of sp³-hybridized carbons (Fsp3) is 0.143. The Kier molecular flexibility index (Phi) is 3.97. The molecule has 0 saturated heterocycles. The molecule has 0 aliphatic rings. The number of halogens is 1. The van der Waals surface area contributed by atoms with Crippen molar-refractivity contribution in [2.45, 2.75) is 13.5 Å². The van der Waals surface area contributed by atoms with Gasteiger partial charge in [-0.3, -0.25) is 0 Å². The van der Waals surface area contributed by atoms with E-state index in [1.54, 1.807) is 31.2 Å². The van der Waals surface area contributed by atoms with Crippen LogP contribution in [0.1, 0.15) is 27.4 Å². The monoisotopic (exact) mass is 290 g/mol. The van der Waals surface area contributed by atoms with Gasteiger partial charge >= 0.3 is 5.97 Å². The topological polar surface area (TPSA) is 86.3 Å². The fourth-order valence-corrected chi connectivity index (χ4v) is 2.01. The van der Waals surface area contributed by atoms with Gasteiger partial charge in [0.2, 0.25) is 5.76 Å². The first kappa shape index (κ1) is 14.0. The highest BCUT2D eigenvalue weighted by atomic mass is 35.5. The van der Waals surface area contributed by atoms with Crippen molar-refractivity contribution in [1.82, 2.24) is 0 Å². The van der Waals surface area contributed by atoms with E-state index in [1.807, 2.05) is 6.07 Å². The van der Waals surface area contributed by atoms with Crippen molar-refractivity contribution in [1.29, 1.82) is 5.26 Å². The molecule has 5 nitrogen and oxygen atoms in total. The molecule has 0 saturated carbocycles. The normalized spacial score (nSPS) is 10.1. The predicted molar refractivity (Wildman–Crippen MR) is 73.9 cm³/mol. The lowest BCUT2D eigenvalue weighted by Crippen LogP contribution is -1.99. The van der Waals surface area contributed by atoms with Gasteiger partial charge in [-0.25, -0.2) is 4.79 Å². The van der Waals surface area contributed by atoms with Crippen LogP contribution in [0.25, 0.3) is 0 Å². The number of anilines is 1. The Balaban J connectivity index is 2.11. The van der Waals surface area contributed by atoms with Gasteiger partial charge in [0, 0.05) is 5.56 Å². The lowest BCUT2D eigenvalue weighted by Gasteiger charge is -2.06. The number of nitriles is 1. The number of nitrogens with one attached hydrogen (secondary N) is 1. The number of carbonyl (C=O) groups is 1. The number of benzene rings is 1. The number of hydrogen-bond acceptors (Lipinski definition) is 4. The van der Waals surface area contributed by atoms with Crippen molar-refractivity contribution in [3.05, 3.63) is 51.9 Å². The van der Waals surface area contributed by atoms with E-state index in [0.717, 1.165) is 0 Å². The molecule has 0 bridgehead atoms. The summed E-state index contributed by atoms with van der Waals surface area (Å²) in [5.41, 5.74) is 1.69. The van der Waals surface area contributed by atoms with Gasteiger partial charge in [-0.2, -0.15) is 5.26 Å². The van der Waals surface area contributed by atoms with Gasteiger partial charge in [0.1, 0.15) is 5.76 Å². The fourth-order valence-electron chi connectivity index (χ4n) is 1.76. The summed E-state index contributed by atoms with van der Waals surface area (Å²) in [6.45, 7) is 1.98. The third kappa shape index (κ3) is 2.92. The summed E-state index contributed by atoms with van der Waals surface area (Å²) >= 11 is 6.02. The molecule has 2 N–H and O–H groups in total. The van der Waals surface area contributed by atoms with Crippen LogP contribution in [0.2, 0.25) is 5.02 Å². The molecule has 2 rings (SSSR count). The molecule has 0 radical (unpaired) electrons. The Hall–Kier alpha value is -2.45. The summed E-state index contributed by atoms with van der Waals surface area (Å²) in [4.78, 5) is 10.9. The van der Waals surface area contributed by atoms with Crippen LogP contribution < -0.4 is 5.32 Å². The zero-order valence-electron chi connectivity index (χ0n) is 10.6. The highest BCUT2D eigenvalue weighted by Gasteiger charge is 2.14. The zero-order valence-corrected chi connectivity index (χ0v) is 11.4. The third-order valence-corrected chi connectivity index (χ3v) is 3.03. The molecular weight excluding hydrogens is 280 g/mol. The van der Waals surface area contributed by atoms with Crippen molar-refractivity contribution in [2.75, 3.05) is 5.32 Å². The number of carboxylic acids is 1. The molecule has 0 amide bonds. The molecule has 102 valence electrons. The Morgan fingerprint density at radius 2 is 2.25 bits per heavy atom. The SMILES string of the molecule is Cc1cc(CNc2ccc(C#N)cc2Cl)oc1C(=O)O. The first-order chi connectivity index (χ1) is 9.51. The van der Waals surface area contributed by atoms with Gasteiger partial charge in [-0.05, 0) is 31.2 Å². The highest BCUT2D eigenvalue weighted by Crippen LogP contribution is 2.24. The average Bonchev–Trinajstić information content (AvgIpc) is 2.78. The van der Waals surface area contributed by atoms with Crippen molar-refractivity contribution in [3.63, 3.8) is 0 Å². The molecule has 6 heteroatoms. The molecule has 0 aliphatic carbocycles. The number of carboxylic acid groups (broad SMARTS) is 1. The van der Waals surface area contributed by atoms with Crippen LogP contribution >= 0.6 is 11.6 Å². The predicted octanol–water partition coefficient (Wildman–Crippen LogP) is 3.42. The van der Waals surface area contributed by atoms with E-state index in [4.69, 9.17) is 26.4 Å². The van der Waals surface area contributed by atoms with E-state index in [-0.39, 0.29) is 5.76 Å². The minimum absolute atomic E-state index is 0.0623. The van der Waals surface area contributed by atoms with E-state index >= 15 is 0 Å². The number of aryl methyl sites for hydroxylation is 1. The first-order valence-corrected chi connectivity index (χ1v) is 6.15. The second kappa shape index (κ2) is 5.68. The molecule has 1 aromatic carbocycles. The smallest absolute Gasteiger partial charge is 0.372 e. The van der Waals surface area contributed by atoms with Crippen molar-refractivity contribution in [3.8, 4) is 6.07 Å². The molecule has 1 aromatic heterocycles. The van der Waals surface area contributed by atoms with E-state index in [1.165, 1.54) is 0 Å². The second-order valence-electron chi connectivity index (χ2n) is 4.19. The Morgan fingerprint density at radius 1 is 1.50 bits per heavy atom. The molecule has 0 unspecified atom stereocenters. The molecule has 0 aliphatic heterocycles. The van der Waals surface area contributed by atoms with Crippen LogP contribution in [0.5, 0.6) is 0 Å². The number of aromatic carboxylic acids is 1. The van der Waals surface area contributed by atoms with Gasteiger partial charge in [0.25, 0.3) is 0 Å². The Bertz CT molecular complexity index is 701. The Labute approximate surface area is 120 Å². The van der Waals surface area contributed by atoms with Crippen LogP contribution in [0.3, 0.4) is 0 Å². The van der Waals surface area contributed by atoms with Crippen LogP contribution in [0, 0.1) is 18.3 Å². The number of hydrogen-bond donors (Lipinski definition) is 2. The van der Waals surface area contributed by atoms with Crippen LogP contribution in [0.4, 0.5) is 5.69 Å². The van der Waals surface area contributed by atoms with Crippen molar-refractivity contribution < 1.29 is 14.3 Å². The molecule has 0 atom stereocenters. The number of furan rings is 1. The maximum Gasteiger partial charge on any atom is 0.372 e. The second-order valence-corrected chi connectivity index (χ2v) is 4.60. The van der Waals surface area contributed by atoms with Crippen LogP contribution in [-0.4, -0.2) is 11.1 Å². The molecule has 20 heavy (non-hydrogen) atoms. The van der Waals surface area contributed by atoms with E-state index in [9.17, 15) is 4.79 Å². The van der Waals surface area contributed by atoms with Crippen molar-refractivity contribution >= 4 is 23.3 Å². The third-order valence-electron chi connectivity index (χ3n) is 2.71. The summed E-state index contributed by atoms with van der Waals surface area (Å²) in [5.74, 6) is -0.654. The lowest BCUT2D eigenvalue weighted by atomic mass is 10.2. The van der Waals surface area contributed by atoms with E-state index in [0.29, 0.717) is 34.1 Å². The summed E-state index contributed by atoms with van der Waals surface area (Å²) in [7, 11) is 0. The summed E-state index contributed by atoms with van der Waals surface area (Å²) in [5, 5.41) is 21.1. The minimum atomic E-state index is -1.09. The summed E-state index contributed by atoms with van der Waals surface area (Å²) in [6.07, 6.45) is 0. The number of nitrogens with zero attached hydrogens (tertiary/aromatic N) is 1. The summed E-state index contributed by atoms with van der Waals surface area (Å²) in [6, 6.07) is 8.54. The standard InChI is InChI=1S/C14H11ClN2O3/c1-8-4-10(20-13(8)14(18)19)7-17-12-3-2-9(6-16)5-11(12)15/h2-5,17H,7H2,1H3,(H,18,19). The van der Waals surface area contributed by atoms with Gasteiger partial charge in [0.15, 0.2) is 0 Å². The van der Waals surface area contributed by atoms with Gasteiger partial charge in [-0.15, -0.1) is 0 Å². The Morgan fingerprint density at radius 3 is 2.80 bits per heavy atom. The maximum atomic E-state index is 10.9. The van der Waals surface area contributed by atoms with Crippen LogP contribution in [-0.2, 0) is 6.54 Å². The molecule has 2 aromatic rings. The number of rotatable bonds is 4. The van der Waals surface area contributed by atoms with Crippen LogP contribution in [0.15, 0.2) is 28.7 Å². The van der Waals surface area contributed by atoms with Crippen molar-refractivity contribution in [2.24, 2.45) is 0 Å². The maximum absolute atomic E-state index is 10.9. The van der Waals surface area contributed by atoms with E-state index < -0.39 is 5.97 Å². The lowest BCUT2D eigenvalue weighted by molar-refractivity contribution is 0.0659. The largest absolute Gasteiger partial charge is 0.475 e. The zero-order chi connectivity index (χ0) is 14.7. The van der Waals surface area contributed by atoms with Gasteiger partial charge in [0.05, 0.1) is 28.9 Å². The quantitative estimate of drug-likeness (QED) is 0.901.